The summed E-state index contributed by atoms with van der Waals surface area (Å²) in [6.45, 7) is 1.69. The second-order valence-corrected chi connectivity index (χ2v) is 6.54. The van der Waals surface area contributed by atoms with Gasteiger partial charge in [-0.1, -0.05) is 24.3 Å². The molecule has 0 aliphatic heterocycles. The second-order valence-electron chi connectivity index (χ2n) is 4.66. The number of carboxylic acids is 1. The molecule has 0 saturated heterocycles. The van der Waals surface area contributed by atoms with Crippen LogP contribution in [0.5, 0.6) is 0 Å². The number of amides is 2. The number of hydrogen-bond acceptors (Lipinski definition) is 4. The molecule has 1 aromatic heterocycles. The molecule has 6 nitrogen and oxygen atoms in total. The van der Waals surface area contributed by atoms with E-state index >= 15 is 0 Å². The molecule has 0 aliphatic carbocycles. The topological polar surface area (TPSA) is 82.5 Å². The Hall–Kier alpha value is -1.67. The summed E-state index contributed by atoms with van der Waals surface area (Å²) in [7, 11) is 1.55. The first-order chi connectivity index (χ1) is 9.88. The van der Waals surface area contributed by atoms with Crippen LogP contribution < -0.4 is 5.32 Å². The van der Waals surface area contributed by atoms with Crippen LogP contribution in [0.3, 0.4) is 0 Å². The number of anilines is 1. The van der Waals surface area contributed by atoms with Crippen molar-refractivity contribution in [2.75, 3.05) is 18.9 Å². The molecule has 2 amide bonds. The number of para-hydroxylation sites is 1. The van der Waals surface area contributed by atoms with Crippen molar-refractivity contribution >= 4 is 54.6 Å². The first-order valence-electron chi connectivity index (χ1n) is 6.18. The number of urea groups is 1. The Morgan fingerprint density at radius 2 is 2.24 bits per heavy atom. The van der Waals surface area contributed by atoms with Crippen LogP contribution in [-0.4, -0.2) is 40.6 Å². The van der Waals surface area contributed by atoms with E-state index < -0.39 is 11.9 Å². The molecule has 21 heavy (non-hydrogen) atoms. The summed E-state index contributed by atoms with van der Waals surface area (Å²) in [4.78, 5) is 28.5. The van der Waals surface area contributed by atoms with Gasteiger partial charge in [-0.15, -0.1) is 0 Å². The third-order valence-electron chi connectivity index (χ3n) is 2.90. The summed E-state index contributed by atoms with van der Waals surface area (Å²) in [5, 5.41) is 12.0. The number of aromatic nitrogens is 1. The standard InChI is InChI=1S/C13H14BrN3O3S/c1-7(11(18)19)6-17(2)13(20)16-12-15-10-8(14)4-3-5-9(10)21-12/h3-5,7H,6H2,1-2H3,(H,18,19)(H,15,16,20). The number of halogens is 1. The van der Waals surface area contributed by atoms with Crippen molar-refractivity contribution in [3.05, 3.63) is 22.7 Å². The van der Waals surface area contributed by atoms with E-state index in [0.717, 1.165) is 14.7 Å². The lowest BCUT2D eigenvalue weighted by atomic mass is 10.2. The molecule has 0 spiro atoms. The van der Waals surface area contributed by atoms with Gasteiger partial charge in [0.1, 0.15) is 0 Å². The van der Waals surface area contributed by atoms with Crippen molar-refractivity contribution in [2.24, 2.45) is 5.92 Å². The quantitative estimate of drug-likeness (QED) is 0.863. The molecule has 1 heterocycles. The van der Waals surface area contributed by atoms with Crippen molar-refractivity contribution in [3.63, 3.8) is 0 Å². The van der Waals surface area contributed by atoms with Gasteiger partial charge in [-0.2, -0.15) is 0 Å². The third kappa shape index (κ3) is 3.70. The molecule has 2 aromatic rings. The molecular weight excluding hydrogens is 358 g/mol. The number of hydrogen-bond donors (Lipinski definition) is 2. The van der Waals surface area contributed by atoms with Crippen LogP contribution >= 0.6 is 27.3 Å². The fraction of sp³-hybridized carbons (Fsp3) is 0.308. The number of carbonyl (C=O) groups is 2. The zero-order chi connectivity index (χ0) is 15.6. The van der Waals surface area contributed by atoms with E-state index in [0.29, 0.717) is 5.13 Å². The van der Waals surface area contributed by atoms with E-state index in [4.69, 9.17) is 5.11 Å². The molecule has 2 N–H and O–H groups in total. The number of nitrogens with zero attached hydrogens (tertiary/aromatic N) is 2. The maximum absolute atomic E-state index is 12.0. The zero-order valence-corrected chi connectivity index (χ0v) is 13.9. The van der Waals surface area contributed by atoms with Gasteiger partial charge in [0, 0.05) is 18.1 Å². The van der Waals surface area contributed by atoms with Crippen molar-refractivity contribution < 1.29 is 14.7 Å². The van der Waals surface area contributed by atoms with Gasteiger partial charge < -0.3 is 10.0 Å². The SMILES string of the molecule is CC(CN(C)C(=O)Nc1nc2c(Br)cccc2s1)C(=O)O. The number of carbonyl (C=O) groups excluding carboxylic acids is 1. The van der Waals surface area contributed by atoms with Gasteiger partial charge >= 0.3 is 12.0 Å². The van der Waals surface area contributed by atoms with Gasteiger partial charge in [-0.25, -0.2) is 9.78 Å². The minimum atomic E-state index is -0.932. The molecule has 1 atom stereocenters. The Bertz CT molecular complexity index is 688. The monoisotopic (exact) mass is 371 g/mol. The van der Waals surface area contributed by atoms with Gasteiger partial charge in [-0.3, -0.25) is 10.1 Å². The van der Waals surface area contributed by atoms with Crippen molar-refractivity contribution in [1.29, 1.82) is 0 Å². The Balaban J connectivity index is 2.07. The molecule has 2 rings (SSSR count). The highest BCUT2D eigenvalue weighted by Gasteiger charge is 2.18. The van der Waals surface area contributed by atoms with E-state index in [9.17, 15) is 9.59 Å². The smallest absolute Gasteiger partial charge is 0.323 e. The third-order valence-corrected chi connectivity index (χ3v) is 4.48. The number of carboxylic acid groups (broad SMARTS) is 1. The lowest BCUT2D eigenvalue weighted by Crippen LogP contribution is -2.36. The van der Waals surface area contributed by atoms with E-state index in [1.807, 2.05) is 18.2 Å². The summed E-state index contributed by atoms with van der Waals surface area (Å²) >= 11 is 4.78. The predicted octanol–water partition coefficient (Wildman–Crippen LogP) is 3.24. The van der Waals surface area contributed by atoms with Crippen LogP contribution in [-0.2, 0) is 4.79 Å². The summed E-state index contributed by atoms with van der Waals surface area (Å²) in [6, 6.07) is 5.33. The van der Waals surface area contributed by atoms with Crippen LogP contribution in [0, 0.1) is 5.92 Å². The number of aliphatic carboxylic acids is 1. The Morgan fingerprint density at radius 1 is 1.52 bits per heavy atom. The van der Waals surface area contributed by atoms with E-state index in [1.54, 1.807) is 14.0 Å². The number of nitrogens with one attached hydrogen (secondary N) is 1. The highest BCUT2D eigenvalue weighted by atomic mass is 79.9. The molecule has 0 fully saturated rings. The first kappa shape index (κ1) is 15.7. The highest BCUT2D eigenvalue weighted by Crippen LogP contribution is 2.30. The summed E-state index contributed by atoms with van der Waals surface area (Å²) < 4.78 is 1.82. The zero-order valence-electron chi connectivity index (χ0n) is 11.5. The maximum Gasteiger partial charge on any atom is 0.323 e. The normalized spacial score (nSPS) is 12.1. The molecule has 0 radical (unpaired) electrons. The molecular formula is C13H14BrN3O3S. The molecule has 112 valence electrons. The number of thiazole rings is 1. The van der Waals surface area contributed by atoms with Crippen LogP contribution in [0.2, 0.25) is 0 Å². The predicted molar refractivity (Wildman–Crippen MR) is 85.8 cm³/mol. The molecule has 0 aliphatic rings. The van der Waals surface area contributed by atoms with Crippen LogP contribution in [0.15, 0.2) is 22.7 Å². The Morgan fingerprint density at radius 3 is 2.86 bits per heavy atom. The summed E-state index contributed by atoms with van der Waals surface area (Å²) in [6.07, 6.45) is 0. The Labute approximate surface area is 133 Å². The number of fused-ring (bicyclic) bond motifs is 1. The van der Waals surface area contributed by atoms with Crippen molar-refractivity contribution in [1.82, 2.24) is 9.88 Å². The lowest BCUT2D eigenvalue weighted by Gasteiger charge is -2.19. The fourth-order valence-corrected chi connectivity index (χ4v) is 3.20. The van der Waals surface area contributed by atoms with Gasteiger partial charge in [0.25, 0.3) is 0 Å². The van der Waals surface area contributed by atoms with Gasteiger partial charge in [-0.05, 0) is 28.1 Å². The molecule has 1 unspecified atom stereocenters. The minimum absolute atomic E-state index is 0.135. The lowest BCUT2D eigenvalue weighted by molar-refractivity contribution is -0.141. The van der Waals surface area contributed by atoms with Crippen LogP contribution in [0.4, 0.5) is 9.93 Å². The Kier molecular flexibility index (Phi) is 4.79. The molecule has 0 saturated carbocycles. The summed E-state index contributed by atoms with van der Waals surface area (Å²) in [5.41, 5.74) is 0.791. The van der Waals surface area contributed by atoms with E-state index in [-0.39, 0.29) is 12.6 Å². The number of benzene rings is 1. The molecule has 1 aromatic carbocycles. The largest absolute Gasteiger partial charge is 0.481 e. The average molecular weight is 372 g/mol. The van der Waals surface area contributed by atoms with E-state index in [2.05, 4.69) is 26.2 Å². The fourth-order valence-electron chi connectivity index (χ4n) is 1.73. The summed E-state index contributed by atoms with van der Waals surface area (Å²) in [5.74, 6) is -1.55. The first-order valence-corrected chi connectivity index (χ1v) is 7.79. The van der Waals surface area contributed by atoms with Crippen molar-refractivity contribution in [3.8, 4) is 0 Å². The molecule has 0 bridgehead atoms. The van der Waals surface area contributed by atoms with Crippen LogP contribution in [0.1, 0.15) is 6.92 Å². The van der Waals surface area contributed by atoms with Crippen LogP contribution in [0.25, 0.3) is 10.2 Å². The average Bonchev–Trinajstić information content (AvgIpc) is 2.82. The maximum atomic E-state index is 12.0. The van der Waals surface area contributed by atoms with Gasteiger partial charge in [0.15, 0.2) is 5.13 Å². The highest BCUT2D eigenvalue weighted by molar-refractivity contribution is 9.10. The van der Waals surface area contributed by atoms with Crippen molar-refractivity contribution in [2.45, 2.75) is 6.92 Å². The number of rotatable bonds is 4. The molecule has 8 heteroatoms. The second kappa shape index (κ2) is 6.40. The van der Waals surface area contributed by atoms with E-state index in [1.165, 1.54) is 16.2 Å². The minimum Gasteiger partial charge on any atom is -0.481 e. The van der Waals surface area contributed by atoms with Gasteiger partial charge in [0.2, 0.25) is 0 Å². The van der Waals surface area contributed by atoms with Gasteiger partial charge in [0.05, 0.1) is 16.1 Å².